The van der Waals surface area contributed by atoms with Crippen LogP contribution < -0.4 is 5.32 Å². The monoisotopic (exact) mass is 448 g/mol. The molecule has 1 heterocycles. The van der Waals surface area contributed by atoms with E-state index in [2.05, 4.69) is 40.9 Å². The van der Waals surface area contributed by atoms with Crippen molar-refractivity contribution in [1.29, 1.82) is 0 Å². The lowest BCUT2D eigenvalue weighted by molar-refractivity contribution is -0.105. The molecule has 172 valence electrons. The van der Waals surface area contributed by atoms with Crippen molar-refractivity contribution in [1.82, 2.24) is 14.8 Å². The van der Waals surface area contributed by atoms with Crippen LogP contribution in [-0.4, -0.2) is 32.9 Å². The highest BCUT2D eigenvalue weighted by molar-refractivity contribution is 6.31. The van der Waals surface area contributed by atoms with Gasteiger partial charge in [0.05, 0.1) is 0 Å². The minimum atomic E-state index is 0.272. The van der Waals surface area contributed by atoms with E-state index in [-0.39, 0.29) is 6.61 Å². The molecule has 0 bridgehead atoms. The molecule has 1 atom stereocenters. The van der Waals surface area contributed by atoms with E-state index in [1.165, 1.54) is 30.9 Å². The number of nitrogens with zero attached hydrogens (tertiary/aromatic N) is 3. The third-order valence-electron chi connectivity index (χ3n) is 5.70. The van der Waals surface area contributed by atoms with E-state index in [4.69, 9.17) is 16.7 Å². The summed E-state index contributed by atoms with van der Waals surface area (Å²) in [4.78, 5) is 10.1. The van der Waals surface area contributed by atoms with Crippen LogP contribution in [0.25, 0.3) is 0 Å². The summed E-state index contributed by atoms with van der Waals surface area (Å²) in [6, 6.07) is 6.02. The molecule has 1 aromatic heterocycles. The molecular formula is C24H37ClN4O2. The third kappa shape index (κ3) is 7.62. The zero-order valence-corrected chi connectivity index (χ0v) is 20.0. The molecule has 6 nitrogen and oxygen atoms in total. The molecule has 1 fully saturated rings. The van der Waals surface area contributed by atoms with Crippen LogP contribution in [0.2, 0.25) is 5.02 Å². The molecule has 2 N–H and O–H groups in total. The van der Waals surface area contributed by atoms with Crippen LogP contribution in [0.4, 0.5) is 5.69 Å². The van der Waals surface area contributed by atoms with Crippen molar-refractivity contribution in [3.8, 4) is 0 Å². The van der Waals surface area contributed by atoms with Gasteiger partial charge in [0.1, 0.15) is 11.6 Å². The molecule has 1 aliphatic rings. The van der Waals surface area contributed by atoms with Gasteiger partial charge < -0.3 is 15.0 Å². The van der Waals surface area contributed by atoms with Crippen LogP contribution >= 0.6 is 11.6 Å². The lowest BCUT2D eigenvalue weighted by atomic mass is 9.99. The number of hydrogen-bond donors (Lipinski definition) is 2. The van der Waals surface area contributed by atoms with E-state index in [0.29, 0.717) is 29.3 Å². The molecule has 0 aliphatic heterocycles. The van der Waals surface area contributed by atoms with Crippen LogP contribution in [0.15, 0.2) is 18.2 Å². The van der Waals surface area contributed by atoms with Crippen LogP contribution in [0.1, 0.15) is 88.5 Å². The summed E-state index contributed by atoms with van der Waals surface area (Å²) in [5.74, 6) is 3.50. The minimum Gasteiger partial charge on any atom is -0.396 e. The van der Waals surface area contributed by atoms with E-state index in [9.17, 15) is 4.79 Å². The highest BCUT2D eigenvalue weighted by Crippen LogP contribution is 2.39. The zero-order valence-electron chi connectivity index (χ0n) is 19.3. The maximum atomic E-state index is 10.1. The normalized spacial score (nSPS) is 14.2. The summed E-state index contributed by atoms with van der Waals surface area (Å²) in [6.07, 6.45) is 8.36. The first-order valence-electron chi connectivity index (χ1n) is 11.4. The van der Waals surface area contributed by atoms with Crippen molar-refractivity contribution in [2.75, 3.05) is 11.9 Å². The predicted molar refractivity (Wildman–Crippen MR) is 127 cm³/mol. The van der Waals surface area contributed by atoms with Gasteiger partial charge in [-0.15, -0.1) is 10.2 Å². The highest BCUT2D eigenvalue weighted by atomic mass is 35.5. The fourth-order valence-electron chi connectivity index (χ4n) is 3.62. The molecule has 2 aromatic rings. The molecule has 1 aromatic carbocycles. The molecule has 1 amide bonds. The van der Waals surface area contributed by atoms with E-state index < -0.39 is 0 Å². The summed E-state index contributed by atoms with van der Waals surface area (Å²) in [7, 11) is 0. The van der Waals surface area contributed by atoms with Crippen molar-refractivity contribution < 1.29 is 9.90 Å². The number of aliphatic hydroxyl groups is 1. The quantitative estimate of drug-likeness (QED) is 0.433. The van der Waals surface area contributed by atoms with E-state index in [0.717, 1.165) is 36.9 Å². The van der Waals surface area contributed by atoms with Crippen LogP contribution in [0.3, 0.4) is 0 Å². The first kappa shape index (κ1) is 25.3. The third-order valence-corrected chi connectivity index (χ3v) is 6.11. The first-order chi connectivity index (χ1) is 14.9. The van der Waals surface area contributed by atoms with Gasteiger partial charge in [-0.1, -0.05) is 38.4 Å². The smallest absolute Gasteiger partial charge is 0.211 e. The maximum absolute atomic E-state index is 10.1. The predicted octanol–water partition coefficient (Wildman–Crippen LogP) is 5.68. The number of anilines is 1. The average Bonchev–Trinajstić information content (AvgIpc) is 3.51. The Morgan fingerprint density at radius 1 is 1.29 bits per heavy atom. The molecule has 7 heteroatoms. The summed E-state index contributed by atoms with van der Waals surface area (Å²) in [5.41, 5.74) is 1.65. The Morgan fingerprint density at radius 2 is 2.03 bits per heavy atom. The Bertz CT molecular complexity index is 818. The first-order valence-corrected chi connectivity index (χ1v) is 11.8. The molecule has 3 rings (SSSR count). The van der Waals surface area contributed by atoms with Gasteiger partial charge in [-0.2, -0.15) is 0 Å². The summed E-state index contributed by atoms with van der Waals surface area (Å²) in [6.45, 7) is 8.86. The maximum Gasteiger partial charge on any atom is 0.211 e. The topological polar surface area (TPSA) is 80.0 Å². The van der Waals surface area contributed by atoms with Gasteiger partial charge in [0.15, 0.2) is 0 Å². The average molecular weight is 449 g/mol. The summed E-state index contributed by atoms with van der Waals surface area (Å²) >= 11 is 5.79. The molecule has 0 radical (unpaired) electrons. The van der Waals surface area contributed by atoms with Gasteiger partial charge in [-0.3, -0.25) is 4.79 Å². The Hall–Kier alpha value is -1.92. The Labute approximate surface area is 191 Å². The molecule has 1 unspecified atom stereocenters. The van der Waals surface area contributed by atoms with Crippen molar-refractivity contribution in [3.05, 3.63) is 40.4 Å². The number of rotatable bonds is 11. The Balaban J connectivity index is 0.000000262. The largest absolute Gasteiger partial charge is 0.396 e. The van der Waals surface area contributed by atoms with Crippen LogP contribution in [-0.2, 0) is 11.2 Å². The number of aromatic nitrogens is 3. The SMILES string of the molecule is CCC(CCCO)c1nnc(CCC(C)C)n1C1CC1.Cc1c(Cl)cccc1NC=O. The van der Waals surface area contributed by atoms with Crippen molar-refractivity contribution in [2.45, 2.75) is 84.6 Å². The number of amides is 1. The summed E-state index contributed by atoms with van der Waals surface area (Å²) < 4.78 is 2.42. The number of carbonyl (C=O) groups excluding carboxylic acids is 1. The fourth-order valence-corrected chi connectivity index (χ4v) is 3.79. The van der Waals surface area contributed by atoms with Gasteiger partial charge in [0, 0.05) is 35.7 Å². The van der Waals surface area contributed by atoms with Gasteiger partial charge in [0.2, 0.25) is 6.41 Å². The second-order valence-corrected chi connectivity index (χ2v) is 9.06. The summed E-state index contributed by atoms with van der Waals surface area (Å²) in [5, 5.41) is 21.3. The number of carbonyl (C=O) groups is 1. The number of hydrogen-bond acceptors (Lipinski definition) is 4. The van der Waals surface area contributed by atoms with Crippen molar-refractivity contribution in [2.24, 2.45) is 5.92 Å². The Kier molecular flexibility index (Phi) is 10.5. The highest BCUT2D eigenvalue weighted by Gasteiger charge is 2.31. The van der Waals surface area contributed by atoms with Gasteiger partial charge in [-0.25, -0.2) is 0 Å². The molecular weight excluding hydrogens is 412 g/mol. The fraction of sp³-hybridized carbons (Fsp3) is 0.625. The standard InChI is InChI=1S/C16H29N3O.C8H8ClNO/c1-4-13(6-5-11-20)16-18-17-15(10-7-12(2)3)19(16)14-8-9-14;1-6-7(9)3-2-4-8(6)10-5-11/h12-14,20H,4-11H2,1-3H3;2-5H,1H3,(H,10,11). The van der Waals surface area contributed by atoms with Gasteiger partial charge >= 0.3 is 0 Å². The second kappa shape index (κ2) is 12.8. The minimum absolute atomic E-state index is 0.272. The molecule has 0 saturated heterocycles. The molecule has 1 aliphatic carbocycles. The Morgan fingerprint density at radius 3 is 2.61 bits per heavy atom. The zero-order chi connectivity index (χ0) is 22.8. The van der Waals surface area contributed by atoms with E-state index in [1.807, 2.05) is 6.92 Å². The number of nitrogens with one attached hydrogen (secondary N) is 1. The number of benzene rings is 1. The van der Waals surface area contributed by atoms with Gasteiger partial charge in [-0.05, 0) is 69.1 Å². The van der Waals surface area contributed by atoms with Crippen molar-refractivity contribution >= 4 is 23.7 Å². The number of aryl methyl sites for hydroxylation is 1. The lowest BCUT2D eigenvalue weighted by Gasteiger charge is -2.16. The van der Waals surface area contributed by atoms with Gasteiger partial charge in [0.25, 0.3) is 0 Å². The number of halogens is 1. The molecule has 31 heavy (non-hydrogen) atoms. The van der Waals surface area contributed by atoms with Crippen LogP contribution in [0, 0.1) is 12.8 Å². The van der Waals surface area contributed by atoms with E-state index >= 15 is 0 Å². The lowest BCUT2D eigenvalue weighted by Crippen LogP contribution is -2.11. The molecule has 1 saturated carbocycles. The van der Waals surface area contributed by atoms with Crippen LogP contribution in [0.5, 0.6) is 0 Å². The van der Waals surface area contributed by atoms with Crippen molar-refractivity contribution in [3.63, 3.8) is 0 Å². The van der Waals surface area contributed by atoms with E-state index in [1.54, 1.807) is 18.2 Å². The second-order valence-electron chi connectivity index (χ2n) is 8.65. The number of aliphatic hydroxyl groups excluding tert-OH is 1. The molecule has 0 spiro atoms.